The molecule has 1 aromatic heterocycles. The minimum Gasteiger partial charge on any atom is -0.327 e. The van der Waals surface area contributed by atoms with Crippen molar-refractivity contribution in [3.8, 4) is 0 Å². The van der Waals surface area contributed by atoms with E-state index < -0.39 is 10.0 Å². The lowest BCUT2D eigenvalue weighted by Gasteiger charge is -2.17. The summed E-state index contributed by atoms with van der Waals surface area (Å²) in [7, 11) is -3.65. The fourth-order valence-corrected chi connectivity index (χ4v) is 4.14. The van der Waals surface area contributed by atoms with E-state index >= 15 is 0 Å². The van der Waals surface area contributed by atoms with E-state index in [4.69, 9.17) is 0 Å². The van der Waals surface area contributed by atoms with Crippen LogP contribution in [0.1, 0.15) is 5.56 Å². The summed E-state index contributed by atoms with van der Waals surface area (Å²) in [6, 6.07) is 14.9. The summed E-state index contributed by atoms with van der Waals surface area (Å²) in [5, 5.41) is 0.000373. The molecule has 1 aliphatic rings. The Hall–Kier alpha value is -2.34. The van der Waals surface area contributed by atoms with Crippen LogP contribution in [0.25, 0.3) is 11.0 Å². The van der Waals surface area contributed by atoms with Gasteiger partial charge in [0, 0.05) is 6.54 Å². The largest absolute Gasteiger partial charge is 0.327 e. The van der Waals surface area contributed by atoms with Gasteiger partial charge in [0.05, 0.1) is 16.7 Å². The maximum atomic E-state index is 12.8. The van der Waals surface area contributed by atoms with Crippen LogP contribution in [0.2, 0.25) is 0 Å². The normalized spacial score (nSPS) is 14.6. The predicted octanol–water partition coefficient (Wildman–Crippen LogP) is 2.31. The van der Waals surface area contributed by atoms with Crippen molar-refractivity contribution < 1.29 is 8.42 Å². The number of anilines is 1. The second-order valence-electron chi connectivity index (χ2n) is 5.01. The van der Waals surface area contributed by atoms with Gasteiger partial charge in [-0.15, -0.1) is 0 Å². The minimum absolute atomic E-state index is 0.000373. The highest BCUT2D eigenvalue weighted by Gasteiger charge is 2.32. The van der Waals surface area contributed by atoms with Gasteiger partial charge < -0.3 is 4.98 Å². The molecule has 1 N–H and O–H groups in total. The fourth-order valence-electron chi connectivity index (χ4n) is 2.71. The van der Waals surface area contributed by atoms with E-state index in [1.54, 1.807) is 6.07 Å². The van der Waals surface area contributed by atoms with Gasteiger partial charge in [0.1, 0.15) is 0 Å². The second-order valence-corrected chi connectivity index (χ2v) is 6.79. The van der Waals surface area contributed by atoms with Crippen LogP contribution in [-0.2, 0) is 16.4 Å². The number of para-hydroxylation sites is 3. The zero-order valence-corrected chi connectivity index (χ0v) is 12.0. The lowest BCUT2D eigenvalue weighted by molar-refractivity contribution is 0.585. The Bertz CT molecular complexity index is 898. The van der Waals surface area contributed by atoms with Gasteiger partial charge >= 0.3 is 0 Å². The highest BCUT2D eigenvalue weighted by atomic mass is 32.2. The molecule has 21 heavy (non-hydrogen) atoms. The topological polar surface area (TPSA) is 66.1 Å². The number of aromatic amines is 1. The molecule has 4 rings (SSSR count). The van der Waals surface area contributed by atoms with Crippen LogP contribution < -0.4 is 4.31 Å². The van der Waals surface area contributed by atoms with Gasteiger partial charge in [-0.25, -0.2) is 4.98 Å². The van der Waals surface area contributed by atoms with Crippen molar-refractivity contribution in [2.75, 3.05) is 10.8 Å². The smallest absolute Gasteiger partial charge is 0.298 e. The average Bonchev–Trinajstić information content (AvgIpc) is 3.11. The summed E-state index contributed by atoms with van der Waals surface area (Å²) in [5.41, 5.74) is 3.18. The molecule has 1 aliphatic heterocycles. The van der Waals surface area contributed by atoms with Crippen LogP contribution in [0.5, 0.6) is 0 Å². The lowest BCUT2D eigenvalue weighted by atomic mass is 10.2. The maximum Gasteiger partial charge on any atom is 0.298 e. The van der Waals surface area contributed by atoms with E-state index in [1.165, 1.54) is 4.31 Å². The average molecular weight is 299 g/mol. The van der Waals surface area contributed by atoms with E-state index in [0.717, 1.165) is 23.2 Å². The molecule has 0 bridgehead atoms. The number of hydrogen-bond donors (Lipinski definition) is 1. The molecule has 0 fully saturated rings. The quantitative estimate of drug-likeness (QED) is 0.789. The third-order valence-electron chi connectivity index (χ3n) is 3.75. The zero-order valence-electron chi connectivity index (χ0n) is 11.2. The summed E-state index contributed by atoms with van der Waals surface area (Å²) < 4.78 is 27.0. The molecule has 0 saturated heterocycles. The number of nitrogens with one attached hydrogen (secondary N) is 1. The van der Waals surface area contributed by atoms with Crippen molar-refractivity contribution in [1.82, 2.24) is 9.97 Å². The molecule has 0 saturated carbocycles. The molecule has 0 aliphatic carbocycles. The third kappa shape index (κ3) is 1.83. The Kier molecular flexibility index (Phi) is 2.56. The molecule has 2 heterocycles. The summed E-state index contributed by atoms with van der Waals surface area (Å²) in [5.74, 6) is 0. The fraction of sp³-hybridized carbons (Fsp3) is 0.133. The molecule has 6 heteroatoms. The number of hydrogen-bond acceptors (Lipinski definition) is 3. The van der Waals surface area contributed by atoms with Crippen molar-refractivity contribution in [3.05, 3.63) is 54.1 Å². The van der Waals surface area contributed by atoms with Crippen LogP contribution in [-0.4, -0.2) is 24.9 Å². The highest BCUT2D eigenvalue weighted by Crippen LogP contribution is 2.32. The van der Waals surface area contributed by atoms with E-state index in [-0.39, 0.29) is 5.16 Å². The molecule has 3 aromatic rings. The van der Waals surface area contributed by atoms with Crippen LogP contribution in [0.15, 0.2) is 53.7 Å². The highest BCUT2D eigenvalue weighted by molar-refractivity contribution is 7.92. The summed E-state index contributed by atoms with van der Waals surface area (Å²) in [6.45, 7) is 0.457. The van der Waals surface area contributed by atoms with E-state index in [0.29, 0.717) is 12.1 Å². The van der Waals surface area contributed by atoms with Gasteiger partial charge in [-0.05, 0) is 30.2 Å². The summed E-state index contributed by atoms with van der Waals surface area (Å²) >= 11 is 0. The van der Waals surface area contributed by atoms with Gasteiger partial charge in [0.15, 0.2) is 0 Å². The van der Waals surface area contributed by atoms with Crippen molar-refractivity contribution in [2.45, 2.75) is 11.6 Å². The molecule has 0 spiro atoms. The molecule has 0 unspecified atom stereocenters. The van der Waals surface area contributed by atoms with Gasteiger partial charge in [-0.2, -0.15) is 8.42 Å². The predicted molar refractivity (Wildman–Crippen MR) is 80.8 cm³/mol. The summed E-state index contributed by atoms with van der Waals surface area (Å²) in [4.78, 5) is 7.12. The number of imidazole rings is 1. The second kappa shape index (κ2) is 4.33. The third-order valence-corrected chi connectivity index (χ3v) is 5.39. The van der Waals surface area contributed by atoms with Crippen molar-refractivity contribution in [2.24, 2.45) is 0 Å². The van der Waals surface area contributed by atoms with Crippen LogP contribution >= 0.6 is 0 Å². The zero-order chi connectivity index (χ0) is 14.4. The molecule has 106 valence electrons. The first kappa shape index (κ1) is 12.4. The van der Waals surface area contributed by atoms with Crippen molar-refractivity contribution in [3.63, 3.8) is 0 Å². The first-order chi connectivity index (χ1) is 10.2. The number of aromatic nitrogens is 2. The Morgan fingerprint density at radius 1 is 1.05 bits per heavy atom. The summed E-state index contributed by atoms with van der Waals surface area (Å²) in [6.07, 6.45) is 0.732. The van der Waals surface area contributed by atoms with E-state index in [1.807, 2.05) is 42.5 Å². The first-order valence-corrected chi connectivity index (χ1v) is 8.16. The minimum atomic E-state index is -3.65. The first-order valence-electron chi connectivity index (χ1n) is 6.72. The van der Waals surface area contributed by atoms with Gasteiger partial charge in [0.2, 0.25) is 5.16 Å². The Morgan fingerprint density at radius 3 is 2.67 bits per heavy atom. The Morgan fingerprint density at radius 2 is 1.81 bits per heavy atom. The molecule has 2 aromatic carbocycles. The number of fused-ring (bicyclic) bond motifs is 2. The molecule has 5 nitrogen and oxygen atoms in total. The van der Waals surface area contributed by atoms with Crippen LogP contribution in [0.4, 0.5) is 5.69 Å². The lowest BCUT2D eigenvalue weighted by Crippen LogP contribution is -2.29. The standard InChI is InChI=1S/C15H13N3O2S/c19-21(20,15-16-12-6-2-3-7-13(12)17-15)18-10-9-11-5-1-4-8-14(11)18/h1-8H,9-10H2,(H,16,17). The van der Waals surface area contributed by atoms with Crippen molar-refractivity contribution >= 4 is 26.7 Å². The van der Waals surface area contributed by atoms with Crippen LogP contribution in [0, 0.1) is 0 Å². The van der Waals surface area contributed by atoms with E-state index in [9.17, 15) is 8.42 Å². The van der Waals surface area contributed by atoms with Gasteiger partial charge in [-0.1, -0.05) is 30.3 Å². The number of sulfonamides is 1. The van der Waals surface area contributed by atoms with Gasteiger partial charge in [0.25, 0.3) is 10.0 Å². The monoisotopic (exact) mass is 299 g/mol. The van der Waals surface area contributed by atoms with Crippen LogP contribution in [0.3, 0.4) is 0 Å². The Balaban J connectivity index is 1.84. The molecular weight excluding hydrogens is 286 g/mol. The molecule has 0 atom stereocenters. The molecular formula is C15H13N3O2S. The number of rotatable bonds is 2. The number of H-pyrrole nitrogens is 1. The molecule has 0 radical (unpaired) electrons. The van der Waals surface area contributed by atoms with E-state index in [2.05, 4.69) is 9.97 Å². The number of benzene rings is 2. The van der Waals surface area contributed by atoms with Crippen molar-refractivity contribution in [1.29, 1.82) is 0 Å². The maximum absolute atomic E-state index is 12.8. The molecule has 0 amide bonds. The number of nitrogens with zero attached hydrogens (tertiary/aromatic N) is 2. The van der Waals surface area contributed by atoms with Gasteiger partial charge in [-0.3, -0.25) is 4.31 Å². The Labute approximate surface area is 122 Å². The SMILES string of the molecule is O=S(=O)(c1nc2ccccc2[nH]1)N1CCc2ccccc21.